The fraction of sp³-hybridized carbons (Fsp3) is 0.471. The first-order valence-electron chi connectivity index (χ1n) is 8.97. The number of amides is 6. The summed E-state index contributed by atoms with van der Waals surface area (Å²) in [4.78, 5) is 80.8. The first-order valence-corrected chi connectivity index (χ1v) is 10.1. The Hall–Kier alpha value is -2.84. The standard InChI is InChI=1S/C17H22IN5O7/c18-11(24)5-6-19-13(26)8-21-15(28)10-22-14(27)9-20-12(25)2-1-7-23-16(29)3-4-17(23)30/h3-4H,1-2,5-10H2,(H,19,26)(H,20,25)(H,21,28)(H,22,27). The van der Waals surface area contributed by atoms with Crippen molar-refractivity contribution in [3.8, 4) is 0 Å². The Bertz CT molecular complexity index is 735. The van der Waals surface area contributed by atoms with E-state index >= 15 is 0 Å². The smallest absolute Gasteiger partial charge is 0.253 e. The first kappa shape index (κ1) is 25.2. The molecule has 1 heterocycles. The number of nitrogens with one attached hydrogen (secondary N) is 4. The highest BCUT2D eigenvalue weighted by molar-refractivity contribution is 14.1. The molecule has 4 N–H and O–H groups in total. The molecule has 0 radical (unpaired) electrons. The molecule has 30 heavy (non-hydrogen) atoms. The second kappa shape index (κ2) is 13.4. The molecule has 164 valence electrons. The van der Waals surface area contributed by atoms with E-state index in [4.69, 9.17) is 0 Å². The molecule has 0 bridgehead atoms. The van der Waals surface area contributed by atoms with Crippen molar-refractivity contribution in [2.75, 3.05) is 32.7 Å². The van der Waals surface area contributed by atoms with Gasteiger partial charge in [0, 0.05) is 38.1 Å². The van der Waals surface area contributed by atoms with Crippen molar-refractivity contribution in [2.45, 2.75) is 19.3 Å². The van der Waals surface area contributed by atoms with Gasteiger partial charge in [0.05, 0.1) is 19.6 Å². The second-order valence-corrected chi connectivity index (χ2v) is 7.25. The highest BCUT2D eigenvalue weighted by atomic mass is 127. The van der Waals surface area contributed by atoms with Crippen LogP contribution in [0.4, 0.5) is 0 Å². The number of hydrogen-bond acceptors (Lipinski definition) is 7. The largest absolute Gasteiger partial charge is 0.354 e. The van der Waals surface area contributed by atoms with E-state index in [2.05, 4.69) is 21.3 Å². The topological polar surface area (TPSA) is 171 Å². The van der Waals surface area contributed by atoms with E-state index in [1.165, 1.54) is 0 Å². The maximum Gasteiger partial charge on any atom is 0.253 e. The third-order valence-electron chi connectivity index (χ3n) is 3.67. The Morgan fingerprint density at radius 3 is 1.70 bits per heavy atom. The van der Waals surface area contributed by atoms with E-state index in [1.54, 1.807) is 22.6 Å². The number of nitrogens with zero attached hydrogens (tertiary/aromatic N) is 1. The van der Waals surface area contributed by atoms with E-state index in [-0.39, 0.29) is 55.8 Å². The molecule has 0 unspecified atom stereocenters. The van der Waals surface area contributed by atoms with Gasteiger partial charge in [0.25, 0.3) is 11.8 Å². The minimum absolute atomic E-state index is 0.0170. The molecule has 0 saturated carbocycles. The highest BCUT2D eigenvalue weighted by Gasteiger charge is 2.22. The van der Waals surface area contributed by atoms with Crippen LogP contribution < -0.4 is 21.3 Å². The SMILES string of the molecule is O=C(I)CCNC(=O)CNC(=O)CNC(=O)CNC(=O)CCCN1C(=O)C=CC1=O. The summed E-state index contributed by atoms with van der Waals surface area (Å²) in [6.07, 6.45) is 2.77. The number of halogens is 1. The third-order valence-corrected chi connectivity index (χ3v) is 4.21. The van der Waals surface area contributed by atoms with Gasteiger partial charge >= 0.3 is 0 Å². The summed E-state index contributed by atoms with van der Waals surface area (Å²) >= 11 is 1.61. The summed E-state index contributed by atoms with van der Waals surface area (Å²) in [7, 11) is 0. The van der Waals surface area contributed by atoms with E-state index in [0.717, 1.165) is 17.1 Å². The summed E-state index contributed by atoms with van der Waals surface area (Å²) in [5.41, 5.74) is 0. The molecule has 1 rings (SSSR count). The van der Waals surface area contributed by atoms with Gasteiger partial charge in [0.2, 0.25) is 23.6 Å². The van der Waals surface area contributed by atoms with Crippen LogP contribution >= 0.6 is 22.6 Å². The van der Waals surface area contributed by atoms with Gasteiger partial charge in [0.1, 0.15) is 0 Å². The summed E-state index contributed by atoms with van der Waals surface area (Å²) in [6, 6.07) is 0. The van der Waals surface area contributed by atoms with Crippen molar-refractivity contribution < 1.29 is 33.6 Å². The lowest BCUT2D eigenvalue weighted by Gasteiger charge is -2.13. The van der Waals surface area contributed by atoms with E-state index < -0.39 is 35.4 Å². The second-order valence-electron chi connectivity index (χ2n) is 6.05. The minimum atomic E-state index is -0.599. The van der Waals surface area contributed by atoms with Crippen molar-refractivity contribution in [1.82, 2.24) is 26.2 Å². The Balaban J connectivity index is 2.08. The number of rotatable bonds is 13. The zero-order valence-electron chi connectivity index (χ0n) is 16.0. The fourth-order valence-electron chi connectivity index (χ4n) is 2.16. The highest BCUT2D eigenvalue weighted by Crippen LogP contribution is 2.05. The van der Waals surface area contributed by atoms with Crippen LogP contribution in [0.5, 0.6) is 0 Å². The molecule has 0 spiro atoms. The lowest BCUT2D eigenvalue weighted by molar-refractivity contribution is -0.137. The van der Waals surface area contributed by atoms with Crippen LogP contribution in [-0.4, -0.2) is 76.9 Å². The van der Waals surface area contributed by atoms with Crippen molar-refractivity contribution >= 4 is 61.8 Å². The van der Waals surface area contributed by atoms with Crippen LogP contribution in [0.2, 0.25) is 0 Å². The van der Waals surface area contributed by atoms with Crippen LogP contribution in [0.1, 0.15) is 19.3 Å². The predicted octanol–water partition coefficient (Wildman–Crippen LogP) is -2.49. The Kier molecular flexibility index (Phi) is 11.3. The molecule has 0 saturated heterocycles. The number of hydrogen-bond donors (Lipinski definition) is 4. The normalized spacial score (nSPS) is 12.5. The summed E-state index contributed by atoms with van der Waals surface area (Å²) < 4.78 is -0.0965. The summed E-state index contributed by atoms with van der Waals surface area (Å²) in [5, 5.41) is 9.39. The molecule has 6 amide bonds. The fourth-order valence-corrected chi connectivity index (χ4v) is 2.43. The van der Waals surface area contributed by atoms with Crippen LogP contribution in [0, 0.1) is 0 Å². The minimum Gasteiger partial charge on any atom is -0.354 e. The molecule has 0 atom stereocenters. The molecular formula is C17H22IN5O7. The van der Waals surface area contributed by atoms with E-state index in [1.807, 2.05) is 0 Å². The molecule has 0 aromatic rings. The lowest BCUT2D eigenvalue weighted by Crippen LogP contribution is -2.44. The van der Waals surface area contributed by atoms with Crippen molar-refractivity contribution in [2.24, 2.45) is 0 Å². The van der Waals surface area contributed by atoms with Crippen LogP contribution in [0.25, 0.3) is 0 Å². The Labute approximate surface area is 185 Å². The van der Waals surface area contributed by atoms with Gasteiger partial charge in [-0.25, -0.2) is 0 Å². The van der Waals surface area contributed by atoms with Crippen LogP contribution in [0.15, 0.2) is 12.2 Å². The average Bonchev–Trinajstić information content (AvgIpc) is 3.00. The van der Waals surface area contributed by atoms with E-state index in [9.17, 15) is 33.6 Å². The quantitative estimate of drug-likeness (QED) is 0.115. The number of carbonyl (C=O) groups is 7. The van der Waals surface area contributed by atoms with Gasteiger partial charge in [-0.1, -0.05) is 0 Å². The summed E-state index contributed by atoms with van der Waals surface area (Å²) in [5.74, 6) is -2.95. The van der Waals surface area contributed by atoms with Gasteiger partial charge in [-0.3, -0.25) is 38.5 Å². The lowest BCUT2D eigenvalue weighted by atomic mass is 10.2. The molecule has 0 fully saturated rings. The van der Waals surface area contributed by atoms with Crippen molar-refractivity contribution in [1.29, 1.82) is 0 Å². The van der Waals surface area contributed by atoms with Crippen LogP contribution in [-0.2, 0) is 33.6 Å². The van der Waals surface area contributed by atoms with Crippen molar-refractivity contribution in [3.05, 3.63) is 12.2 Å². The van der Waals surface area contributed by atoms with Crippen LogP contribution in [0.3, 0.4) is 0 Å². The monoisotopic (exact) mass is 535 g/mol. The average molecular weight is 535 g/mol. The predicted molar refractivity (Wildman–Crippen MR) is 111 cm³/mol. The van der Waals surface area contributed by atoms with Gasteiger partial charge in [0.15, 0.2) is 3.79 Å². The molecule has 1 aliphatic rings. The van der Waals surface area contributed by atoms with Gasteiger partial charge < -0.3 is 21.3 Å². The van der Waals surface area contributed by atoms with Gasteiger partial charge in [-0.15, -0.1) is 0 Å². The zero-order chi connectivity index (χ0) is 22.5. The Morgan fingerprint density at radius 1 is 0.733 bits per heavy atom. The zero-order valence-corrected chi connectivity index (χ0v) is 18.2. The van der Waals surface area contributed by atoms with Gasteiger partial charge in [-0.05, 0) is 29.0 Å². The third kappa shape index (κ3) is 10.6. The number of imide groups is 1. The maximum atomic E-state index is 11.7. The molecule has 13 heteroatoms. The van der Waals surface area contributed by atoms with Gasteiger partial charge in [-0.2, -0.15) is 0 Å². The molecule has 12 nitrogen and oxygen atoms in total. The first-order chi connectivity index (χ1) is 14.2. The molecule has 0 aromatic carbocycles. The molecule has 0 aromatic heterocycles. The van der Waals surface area contributed by atoms with Crippen molar-refractivity contribution in [3.63, 3.8) is 0 Å². The molecular weight excluding hydrogens is 513 g/mol. The molecule has 1 aliphatic heterocycles. The number of carbonyl (C=O) groups excluding carboxylic acids is 7. The summed E-state index contributed by atoms with van der Waals surface area (Å²) in [6.45, 7) is -0.736. The van der Waals surface area contributed by atoms with E-state index in [0.29, 0.717) is 0 Å². The Morgan fingerprint density at radius 2 is 1.20 bits per heavy atom. The molecule has 0 aliphatic carbocycles. The maximum absolute atomic E-state index is 11.7.